The average Bonchev–Trinajstić information content (AvgIpc) is 3.39. The number of fused-ring (bicyclic) bond motifs is 5. The van der Waals surface area contributed by atoms with E-state index in [-0.39, 0.29) is 15.9 Å². The minimum atomic E-state index is -2.05. The Morgan fingerprint density at radius 2 is 1.50 bits per heavy atom. The van der Waals surface area contributed by atoms with Crippen molar-refractivity contribution in [3.63, 3.8) is 0 Å². The molecule has 3 aromatic carbocycles. The number of piperidine rings is 1. The lowest BCUT2D eigenvalue weighted by atomic mass is 9.93. The predicted molar refractivity (Wildman–Crippen MR) is 204 cm³/mol. The normalized spacial score (nSPS) is 17.8. The summed E-state index contributed by atoms with van der Waals surface area (Å²) < 4.78 is 33.2. The zero-order valence-corrected chi connectivity index (χ0v) is 32.5. The molecule has 2 aliphatic heterocycles. The Kier molecular flexibility index (Phi) is 9.41. The molecule has 1 aromatic heterocycles. The van der Waals surface area contributed by atoms with Crippen molar-refractivity contribution >= 4 is 29.6 Å². The Morgan fingerprint density at radius 3 is 2.17 bits per heavy atom. The van der Waals surface area contributed by atoms with Gasteiger partial charge in [-0.2, -0.15) is 0 Å². The summed E-state index contributed by atoms with van der Waals surface area (Å²) in [4.78, 5) is 2.50. The van der Waals surface area contributed by atoms with Crippen molar-refractivity contribution in [1.29, 1.82) is 0 Å². The second kappa shape index (κ2) is 13.0. The molecule has 260 valence electrons. The number of benzene rings is 3. The van der Waals surface area contributed by atoms with Crippen LogP contribution in [0.15, 0.2) is 65.1 Å². The number of nitrogens with zero attached hydrogens (tertiary/aromatic N) is 1. The van der Waals surface area contributed by atoms with Crippen molar-refractivity contribution in [2.75, 3.05) is 38.8 Å². The molecule has 2 aliphatic rings. The van der Waals surface area contributed by atoms with Crippen LogP contribution in [0.5, 0.6) is 23.0 Å². The molecule has 0 radical (unpaired) electrons. The molecule has 0 bridgehead atoms. The van der Waals surface area contributed by atoms with Gasteiger partial charge in [0.05, 0.1) is 11.1 Å². The van der Waals surface area contributed by atoms with E-state index >= 15 is 0 Å². The van der Waals surface area contributed by atoms with E-state index in [1.807, 2.05) is 12.1 Å². The quantitative estimate of drug-likeness (QED) is 0.163. The summed E-state index contributed by atoms with van der Waals surface area (Å²) >= 11 is 0. The smallest absolute Gasteiger partial charge is 0.250 e. The van der Waals surface area contributed by atoms with Crippen LogP contribution in [0.3, 0.4) is 0 Å². The highest BCUT2D eigenvalue weighted by Crippen LogP contribution is 2.55. The number of furan rings is 1. The molecule has 0 amide bonds. The largest absolute Gasteiger partial charge is 0.543 e. The fraction of sp³-hybridized carbons (Fsp3) is 0.500. The number of likely N-dealkylation sites (tertiary alicyclic amines) is 1. The molecule has 48 heavy (non-hydrogen) atoms. The summed E-state index contributed by atoms with van der Waals surface area (Å²) in [5, 5.41) is 1.11. The van der Waals surface area contributed by atoms with Gasteiger partial charge in [0.2, 0.25) is 8.32 Å². The van der Waals surface area contributed by atoms with Crippen LogP contribution >= 0.6 is 10.3 Å². The van der Waals surface area contributed by atoms with Crippen LogP contribution < -0.4 is 18.1 Å². The Morgan fingerprint density at radius 1 is 0.833 bits per heavy atom. The first kappa shape index (κ1) is 34.8. The minimum absolute atomic E-state index is 0.0375. The third-order valence-corrected chi connectivity index (χ3v) is 18.6. The molecule has 0 N–H and O–H groups in total. The summed E-state index contributed by atoms with van der Waals surface area (Å²) in [5.74, 6) is 4.13. The van der Waals surface area contributed by atoms with Crippen molar-refractivity contribution in [1.82, 2.24) is 4.90 Å². The third-order valence-electron chi connectivity index (χ3n) is 10.7. The molecule has 3 heterocycles. The molecular formula is C40H55NO5SSi. The van der Waals surface area contributed by atoms with Crippen LogP contribution in [-0.4, -0.2) is 56.7 Å². The fourth-order valence-corrected chi connectivity index (χ4v) is 7.77. The van der Waals surface area contributed by atoms with E-state index in [1.54, 1.807) is 0 Å². The van der Waals surface area contributed by atoms with Gasteiger partial charge in [0.15, 0.2) is 6.10 Å². The van der Waals surface area contributed by atoms with Gasteiger partial charge in [-0.15, -0.1) is 0 Å². The highest BCUT2D eigenvalue weighted by atomic mass is 32.3. The standard InChI is InChI=1S/C40H55NO5SSi/c1-39(2,3)47(7,8)45-30-18-20-32-34(26-30)44-38-33-21-19-31(46-48(9,10)40(4,5)6)27-35(33)43-37(36(32)38)28-14-16-29(17-15-28)42-25-24-41-22-12-11-13-23-41/h14-21,26-27,37H,11-13,22-25H2,1-10H3. The predicted octanol–water partition coefficient (Wildman–Crippen LogP) is 11.0. The van der Waals surface area contributed by atoms with Crippen LogP contribution in [0.2, 0.25) is 18.1 Å². The van der Waals surface area contributed by atoms with Gasteiger partial charge in [-0.1, -0.05) is 49.6 Å². The zero-order valence-electron chi connectivity index (χ0n) is 30.7. The van der Waals surface area contributed by atoms with Crippen molar-refractivity contribution in [3.05, 3.63) is 71.8 Å². The van der Waals surface area contributed by atoms with Crippen molar-refractivity contribution < 1.29 is 22.5 Å². The van der Waals surface area contributed by atoms with E-state index in [2.05, 4.69) is 121 Å². The van der Waals surface area contributed by atoms with Gasteiger partial charge in [-0.3, -0.25) is 4.90 Å². The van der Waals surface area contributed by atoms with E-state index in [9.17, 15) is 0 Å². The van der Waals surface area contributed by atoms with Gasteiger partial charge < -0.3 is 22.5 Å². The van der Waals surface area contributed by atoms with Crippen LogP contribution in [0, 0.1) is 0 Å². The molecule has 1 atom stereocenters. The Bertz CT molecular complexity index is 1740. The maximum Gasteiger partial charge on any atom is 0.250 e. The van der Waals surface area contributed by atoms with Crippen LogP contribution in [0.25, 0.3) is 22.3 Å². The highest BCUT2D eigenvalue weighted by molar-refractivity contribution is 8.30. The van der Waals surface area contributed by atoms with Crippen molar-refractivity contribution in [2.24, 2.45) is 0 Å². The lowest BCUT2D eigenvalue weighted by Crippen LogP contribution is -2.43. The molecule has 6 rings (SSSR count). The molecule has 1 saturated heterocycles. The molecule has 4 aromatic rings. The average molecular weight is 690 g/mol. The third kappa shape index (κ3) is 7.12. The van der Waals surface area contributed by atoms with Crippen LogP contribution in [0.4, 0.5) is 0 Å². The molecule has 1 fully saturated rings. The minimum Gasteiger partial charge on any atom is -0.543 e. The van der Waals surface area contributed by atoms with E-state index in [4.69, 9.17) is 22.5 Å². The second-order valence-electron chi connectivity index (χ2n) is 16.3. The van der Waals surface area contributed by atoms with Crippen molar-refractivity contribution in [3.8, 4) is 34.3 Å². The van der Waals surface area contributed by atoms with Gasteiger partial charge in [0.1, 0.15) is 40.9 Å². The lowest BCUT2D eigenvalue weighted by molar-refractivity contribution is 0.183. The van der Waals surface area contributed by atoms with E-state index in [0.29, 0.717) is 6.61 Å². The first-order valence-corrected chi connectivity index (χ1v) is 22.7. The Hall–Kier alpha value is -3.07. The second-order valence-corrected chi connectivity index (χ2v) is 24.9. The number of hydrogen-bond acceptors (Lipinski definition) is 6. The van der Waals surface area contributed by atoms with E-state index in [1.165, 1.54) is 32.4 Å². The maximum atomic E-state index is 6.91. The van der Waals surface area contributed by atoms with Gasteiger partial charge in [0.25, 0.3) is 0 Å². The fourth-order valence-electron chi connectivity index (χ4n) is 5.91. The Labute approximate surface area is 290 Å². The van der Waals surface area contributed by atoms with Gasteiger partial charge in [0, 0.05) is 28.8 Å². The topological polar surface area (TPSA) is 53.3 Å². The van der Waals surface area contributed by atoms with Crippen molar-refractivity contribution in [2.45, 2.75) is 89.8 Å². The highest BCUT2D eigenvalue weighted by Gasteiger charge is 2.40. The summed E-state index contributed by atoms with van der Waals surface area (Å²) in [5.41, 5.74) is 3.80. The summed E-state index contributed by atoms with van der Waals surface area (Å²) in [6.07, 6.45) is 8.00. The zero-order chi connectivity index (χ0) is 34.5. The van der Waals surface area contributed by atoms with Gasteiger partial charge in [-0.25, -0.2) is 0 Å². The van der Waals surface area contributed by atoms with E-state index in [0.717, 1.165) is 63.0 Å². The van der Waals surface area contributed by atoms with E-state index < -0.39 is 18.6 Å². The number of rotatable bonds is 9. The van der Waals surface area contributed by atoms with Gasteiger partial charge >= 0.3 is 0 Å². The maximum absolute atomic E-state index is 6.91. The molecule has 8 heteroatoms. The molecule has 6 nitrogen and oxygen atoms in total. The monoisotopic (exact) mass is 689 g/mol. The molecular weight excluding hydrogens is 635 g/mol. The summed E-state index contributed by atoms with van der Waals surface area (Å²) in [6, 6.07) is 20.8. The Balaban J connectivity index is 1.34. The lowest BCUT2D eigenvalue weighted by Gasteiger charge is -2.43. The first-order valence-electron chi connectivity index (χ1n) is 17.5. The van der Waals surface area contributed by atoms with Crippen LogP contribution in [-0.2, 0) is 0 Å². The first-order chi connectivity index (χ1) is 22.5. The number of hydrogen-bond donors (Lipinski definition) is 0. The molecule has 0 spiro atoms. The molecule has 0 saturated carbocycles. The van der Waals surface area contributed by atoms with Gasteiger partial charge in [-0.05, 0) is 119 Å². The number of ether oxygens (including phenoxy) is 2. The molecule has 0 aliphatic carbocycles. The van der Waals surface area contributed by atoms with Crippen LogP contribution in [0.1, 0.15) is 78.0 Å². The SMILES string of the molecule is CC(C)(C)[Si](C)(C)Oc1ccc2c(c1)OC(c1ccc(OCCN3CCCCC3)cc1)c1c-2oc2cc(OS(C)(C)C(C)(C)C)ccc12. The summed E-state index contributed by atoms with van der Waals surface area (Å²) in [7, 11) is -3.41. The summed E-state index contributed by atoms with van der Waals surface area (Å²) in [6.45, 7) is 22.0. The molecule has 1 unspecified atom stereocenters.